The van der Waals surface area contributed by atoms with E-state index in [1.165, 1.54) is 50.2 Å². The minimum absolute atomic E-state index is 0.0794. The molecular formula is C34H35F2N3O3. The Kier molecular flexibility index (Phi) is 9.46. The first-order valence-corrected chi connectivity index (χ1v) is 14.3. The highest BCUT2D eigenvalue weighted by atomic mass is 19.2. The molecule has 4 aromatic carbocycles. The van der Waals surface area contributed by atoms with Crippen LogP contribution >= 0.6 is 0 Å². The molecule has 2 saturated heterocycles. The highest BCUT2D eigenvalue weighted by molar-refractivity contribution is 6.05. The van der Waals surface area contributed by atoms with E-state index in [0.29, 0.717) is 5.69 Å². The quantitative estimate of drug-likeness (QED) is 0.208. The lowest BCUT2D eigenvalue weighted by Crippen LogP contribution is -2.20. The lowest BCUT2D eigenvalue weighted by Gasteiger charge is -2.18. The van der Waals surface area contributed by atoms with Crippen LogP contribution in [0.2, 0.25) is 0 Å². The summed E-state index contributed by atoms with van der Waals surface area (Å²) in [6, 6.07) is 21.2. The van der Waals surface area contributed by atoms with Gasteiger partial charge in [-0.3, -0.25) is 4.79 Å². The predicted octanol–water partition coefficient (Wildman–Crippen LogP) is 6.68. The molecule has 2 fully saturated rings. The second kappa shape index (κ2) is 13.6. The molecule has 0 aliphatic carbocycles. The Labute approximate surface area is 244 Å². The minimum Gasteiger partial charge on any atom is -0.507 e. The number of halogens is 2. The minimum atomic E-state index is -1.04. The molecule has 1 atom stereocenters. The molecule has 1 amide bonds. The van der Waals surface area contributed by atoms with Crippen LogP contribution in [-0.4, -0.2) is 43.3 Å². The van der Waals surface area contributed by atoms with Crippen molar-refractivity contribution in [2.75, 3.05) is 31.5 Å². The number of hydrogen-bond acceptors (Lipinski definition) is 5. The lowest BCUT2D eigenvalue weighted by molar-refractivity contribution is 0.102. The van der Waals surface area contributed by atoms with E-state index in [2.05, 4.69) is 22.0 Å². The maximum Gasteiger partial charge on any atom is 0.255 e. The Balaban J connectivity index is 0.000000639. The molecule has 42 heavy (non-hydrogen) atoms. The van der Waals surface area contributed by atoms with Gasteiger partial charge in [0.05, 0.1) is 0 Å². The number of aromatic hydroxyl groups is 1. The highest BCUT2D eigenvalue weighted by Crippen LogP contribution is 2.35. The predicted molar refractivity (Wildman–Crippen MR) is 162 cm³/mol. The smallest absolute Gasteiger partial charge is 0.255 e. The fraction of sp³-hybridized carbons (Fsp3) is 0.265. The van der Waals surface area contributed by atoms with E-state index in [4.69, 9.17) is 4.74 Å². The molecule has 1 unspecified atom stereocenters. The van der Waals surface area contributed by atoms with E-state index >= 15 is 0 Å². The largest absolute Gasteiger partial charge is 0.507 e. The van der Waals surface area contributed by atoms with Gasteiger partial charge in [-0.15, -0.1) is 0 Å². The number of carbonyl (C=O) groups excluding carboxylic acids is 1. The zero-order chi connectivity index (χ0) is 29.5. The number of phenolic OH excluding ortho intramolecular Hbond substituents is 1. The molecule has 0 saturated carbocycles. The molecule has 4 N–H and O–H groups in total. The third-order valence-corrected chi connectivity index (χ3v) is 7.32. The Bertz CT molecular complexity index is 1540. The van der Waals surface area contributed by atoms with Crippen LogP contribution in [0.1, 0.15) is 35.2 Å². The number of carbonyl (C=O) groups is 1. The van der Waals surface area contributed by atoms with Crippen LogP contribution in [0.25, 0.3) is 22.3 Å². The molecule has 2 heterocycles. The van der Waals surface area contributed by atoms with Crippen molar-refractivity contribution in [3.8, 4) is 33.8 Å². The number of nitrogens with one attached hydrogen (secondary N) is 3. The summed E-state index contributed by atoms with van der Waals surface area (Å²) < 4.78 is 33.4. The molecule has 2 aliphatic heterocycles. The van der Waals surface area contributed by atoms with Gasteiger partial charge < -0.3 is 25.8 Å². The van der Waals surface area contributed by atoms with E-state index in [1.807, 2.05) is 37.3 Å². The molecule has 218 valence electrons. The van der Waals surface area contributed by atoms with Crippen molar-refractivity contribution in [3.05, 3.63) is 102 Å². The van der Waals surface area contributed by atoms with Crippen molar-refractivity contribution in [2.24, 2.45) is 0 Å². The standard InChI is InChI=1S/C30H26F2N2O3.C4H9N/c1-18-3-2-4-19(13-18)25-16-22(7-10-29(25)37-23-11-12-33-17-23)34-30(36)21-6-9-28(35)24(14-21)20-5-8-26(31)27(32)15-20;1-2-4-5-3-1/h2-10,13-16,23,33,35H,11-12,17H2,1H3,(H,34,36);5H,1-4H2. The zero-order valence-electron chi connectivity index (χ0n) is 23.6. The first-order valence-electron chi connectivity index (χ1n) is 14.3. The maximum atomic E-state index is 13.8. The van der Waals surface area contributed by atoms with Gasteiger partial charge in [-0.25, -0.2) is 8.78 Å². The summed E-state index contributed by atoms with van der Waals surface area (Å²) >= 11 is 0. The van der Waals surface area contributed by atoms with Crippen LogP contribution < -0.4 is 20.7 Å². The normalized spacial score (nSPS) is 16.0. The summed E-state index contributed by atoms with van der Waals surface area (Å²) in [7, 11) is 0. The number of amides is 1. The van der Waals surface area contributed by atoms with E-state index in [9.17, 15) is 18.7 Å². The second-order valence-electron chi connectivity index (χ2n) is 10.6. The van der Waals surface area contributed by atoms with Crippen molar-refractivity contribution < 1.29 is 23.4 Å². The van der Waals surface area contributed by atoms with Crippen LogP contribution in [0.4, 0.5) is 14.5 Å². The summed E-state index contributed by atoms with van der Waals surface area (Å²) in [6.45, 7) is 6.22. The summed E-state index contributed by atoms with van der Waals surface area (Å²) in [6.07, 6.45) is 3.78. The van der Waals surface area contributed by atoms with E-state index in [-0.39, 0.29) is 28.5 Å². The molecule has 0 bridgehead atoms. The van der Waals surface area contributed by atoms with Gasteiger partial charge in [-0.2, -0.15) is 0 Å². The Morgan fingerprint density at radius 1 is 0.857 bits per heavy atom. The molecule has 2 aliphatic rings. The van der Waals surface area contributed by atoms with Crippen molar-refractivity contribution >= 4 is 11.6 Å². The number of anilines is 1. The number of hydrogen-bond donors (Lipinski definition) is 4. The van der Waals surface area contributed by atoms with Gasteiger partial charge in [-0.1, -0.05) is 35.9 Å². The third-order valence-electron chi connectivity index (χ3n) is 7.32. The van der Waals surface area contributed by atoms with Gasteiger partial charge >= 0.3 is 0 Å². The molecule has 0 radical (unpaired) electrons. The molecule has 6 nitrogen and oxygen atoms in total. The van der Waals surface area contributed by atoms with Gasteiger partial charge in [0.25, 0.3) is 5.91 Å². The van der Waals surface area contributed by atoms with Crippen LogP contribution in [0.5, 0.6) is 11.5 Å². The average Bonchev–Trinajstić information content (AvgIpc) is 3.73. The monoisotopic (exact) mass is 571 g/mol. The van der Waals surface area contributed by atoms with Crippen LogP contribution in [-0.2, 0) is 0 Å². The van der Waals surface area contributed by atoms with E-state index in [1.54, 1.807) is 6.07 Å². The number of rotatable bonds is 6. The van der Waals surface area contributed by atoms with Gasteiger partial charge in [0, 0.05) is 28.9 Å². The van der Waals surface area contributed by atoms with Gasteiger partial charge in [-0.05, 0) is 105 Å². The van der Waals surface area contributed by atoms with E-state index < -0.39 is 17.5 Å². The summed E-state index contributed by atoms with van der Waals surface area (Å²) in [4.78, 5) is 13.1. The van der Waals surface area contributed by atoms with Crippen LogP contribution in [0.3, 0.4) is 0 Å². The van der Waals surface area contributed by atoms with E-state index in [0.717, 1.165) is 54.1 Å². The van der Waals surface area contributed by atoms with Crippen molar-refractivity contribution in [1.29, 1.82) is 0 Å². The number of phenols is 1. The van der Waals surface area contributed by atoms with Crippen LogP contribution in [0, 0.1) is 18.6 Å². The Morgan fingerprint density at radius 3 is 2.36 bits per heavy atom. The topological polar surface area (TPSA) is 82.6 Å². The first kappa shape index (κ1) is 29.2. The SMILES string of the molecule is C1CCNC1.Cc1cccc(-c2cc(NC(=O)c3ccc(O)c(-c4ccc(F)c(F)c4)c3)ccc2OC2CCNC2)c1. The fourth-order valence-corrected chi connectivity index (χ4v) is 5.06. The summed E-state index contributed by atoms with van der Waals surface area (Å²) in [5.74, 6) is -1.84. The Morgan fingerprint density at radius 2 is 1.67 bits per heavy atom. The first-order chi connectivity index (χ1) is 20.4. The summed E-state index contributed by atoms with van der Waals surface area (Å²) in [5.41, 5.74) is 4.25. The summed E-state index contributed by atoms with van der Waals surface area (Å²) in [5, 5.41) is 19.7. The second-order valence-corrected chi connectivity index (χ2v) is 10.6. The number of aryl methyl sites for hydroxylation is 1. The molecule has 6 rings (SSSR count). The number of ether oxygens (including phenoxy) is 1. The van der Waals surface area contributed by atoms with Crippen molar-refractivity contribution in [1.82, 2.24) is 10.6 Å². The van der Waals surface area contributed by atoms with Crippen molar-refractivity contribution in [2.45, 2.75) is 32.3 Å². The van der Waals surface area contributed by atoms with Gasteiger partial charge in [0.1, 0.15) is 17.6 Å². The molecular weight excluding hydrogens is 536 g/mol. The lowest BCUT2D eigenvalue weighted by atomic mass is 10.0. The zero-order valence-corrected chi connectivity index (χ0v) is 23.6. The van der Waals surface area contributed by atoms with Gasteiger partial charge in [0.2, 0.25) is 0 Å². The molecule has 0 aromatic heterocycles. The van der Waals surface area contributed by atoms with Crippen LogP contribution in [0.15, 0.2) is 78.9 Å². The molecule has 0 spiro atoms. The third kappa shape index (κ3) is 7.32. The molecule has 8 heteroatoms. The van der Waals surface area contributed by atoms with Crippen molar-refractivity contribution in [3.63, 3.8) is 0 Å². The van der Waals surface area contributed by atoms with Gasteiger partial charge in [0.15, 0.2) is 11.6 Å². The fourth-order valence-electron chi connectivity index (χ4n) is 5.06. The molecule has 4 aromatic rings. The average molecular weight is 572 g/mol. The Hall–Kier alpha value is -4.27. The maximum absolute atomic E-state index is 13.8. The number of benzene rings is 4. The highest BCUT2D eigenvalue weighted by Gasteiger charge is 2.19.